The maximum atomic E-state index is 11.2. The molecule has 0 spiro atoms. The fourth-order valence-electron chi connectivity index (χ4n) is 1.98. The molecule has 0 aliphatic carbocycles. The van der Waals surface area contributed by atoms with E-state index in [2.05, 4.69) is 10.0 Å². The molecule has 0 bridgehead atoms. The molecule has 1 aromatic heterocycles. The molecule has 0 fully saturated rings. The second-order valence-corrected chi connectivity index (χ2v) is 6.73. The molecule has 0 radical (unpaired) electrons. The molecule has 6 heteroatoms. The first-order valence-electron chi connectivity index (χ1n) is 6.77. The van der Waals surface area contributed by atoms with E-state index in [4.69, 9.17) is 4.42 Å². The summed E-state index contributed by atoms with van der Waals surface area (Å²) in [5, 5.41) is 3.26. The van der Waals surface area contributed by atoms with E-state index in [-0.39, 0.29) is 0 Å². The van der Waals surface area contributed by atoms with Crippen molar-refractivity contribution in [3.63, 3.8) is 0 Å². The third-order valence-electron chi connectivity index (χ3n) is 3.05. The molecule has 1 aromatic carbocycles. The van der Waals surface area contributed by atoms with Crippen LogP contribution in [0.2, 0.25) is 0 Å². The second kappa shape index (κ2) is 6.22. The molecule has 2 N–H and O–H groups in total. The Kier molecular flexibility index (Phi) is 4.57. The molecular formula is C15H20N2O3S. The van der Waals surface area contributed by atoms with Gasteiger partial charge >= 0.3 is 0 Å². The Hall–Kier alpha value is -1.95. The van der Waals surface area contributed by atoms with Crippen molar-refractivity contribution in [1.29, 1.82) is 0 Å². The SMILES string of the molecule is CCc1ccc(CNc2ccc(NS(C)(=O)=O)c(C)c2)o1. The lowest BCUT2D eigenvalue weighted by molar-refractivity contribution is 0.476. The topological polar surface area (TPSA) is 71.3 Å². The van der Waals surface area contributed by atoms with Crippen LogP contribution in [0, 0.1) is 6.92 Å². The highest BCUT2D eigenvalue weighted by atomic mass is 32.2. The molecule has 1 heterocycles. The average molecular weight is 308 g/mol. The minimum Gasteiger partial charge on any atom is -0.464 e. The van der Waals surface area contributed by atoms with Crippen molar-refractivity contribution < 1.29 is 12.8 Å². The number of rotatable bonds is 6. The number of aryl methyl sites for hydroxylation is 2. The Morgan fingerprint density at radius 2 is 1.86 bits per heavy atom. The molecule has 0 aliphatic rings. The van der Waals surface area contributed by atoms with Gasteiger partial charge in [-0.3, -0.25) is 4.72 Å². The van der Waals surface area contributed by atoms with E-state index in [1.54, 1.807) is 6.07 Å². The van der Waals surface area contributed by atoms with Gasteiger partial charge in [0, 0.05) is 12.1 Å². The van der Waals surface area contributed by atoms with Gasteiger partial charge in [-0.2, -0.15) is 0 Å². The highest BCUT2D eigenvalue weighted by Crippen LogP contribution is 2.21. The zero-order chi connectivity index (χ0) is 15.5. The summed E-state index contributed by atoms with van der Waals surface area (Å²) in [6.45, 7) is 4.51. The predicted molar refractivity (Wildman–Crippen MR) is 85.1 cm³/mol. The Labute approximate surface area is 125 Å². The molecule has 2 aromatic rings. The van der Waals surface area contributed by atoms with Crippen LogP contribution in [-0.4, -0.2) is 14.7 Å². The number of benzene rings is 1. The zero-order valence-electron chi connectivity index (χ0n) is 12.4. The lowest BCUT2D eigenvalue weighted by Crippen LogP contribution is -2.10. The third kappa shape index (κ3) is 4.53. The van der Waals surface area contributed by atoms with Gasteiger partial charge < -0.3 is 9.73 Å². The minimum absolute atomic E-state index is 0.592. The van der Waals surface area contributed by atoms with Gasteiger partial charge in [0.25, 0.3) is 0 Å². The van der Waals surface area contributed by atoms with Crippen molar-refractivity contribution >= 4 is 21.4 Å². The van der Waals surface area contributed by atoms with E-state index in [0.717, 1.165) is 35.4 Å². The molecule has 0 saturated carbocycles. The summed E-state index contributed by atoms with van der Waals surface area (Å²) in [7, 11) is -3.25. The average Bonchev–Trinajstić information content (AvgIpc) is 2.86. The maximum absolute atomic E-state index is 11.2. The van der Waals surface area contributed by atoms with Crippen molar-refractivity contribution in [3.8, 4) is 0 Å². The third-order valence-corrected chi connectivity index (χ3v) is 3.64. The smallest absolute Gasteiger partial charge is 0.229 e. The van der Waals surface area contributed by atoms with Gasteiger partial charge in [0.1, 0.15) is 11.5 Å². The first-order valence-corrected chi connectivity index (χ1v) is 8.66. The molecule has 5 nitrogen and oxygen atoms in total. The first-order chi connectivity index (χ1) is 9.87. The van der Waals surface area contributed by atoms with Crippen LogP contribution in [-0.2, 0) is 23.0 Å². The highest BCUT2D eigenvalue weighted by molar-refractivity contribution is 7.92. The molecule has 0 atom stereocenters. The summed E-state index contributed by atoms with van der Waals surface area (Å²) in [6, 6.07) is 9.42. The van der Waals surface area contributed by atoms with Gasteiger partial charge in [-0.1, -0.05) is 6.92 Å². The Bertz CT molecular complexity index is 720. The number of hydrogen-bond donors (Lipinski definition) is 2. The Balaban J connectivity index is 2.03. The molecule has 2 rings (SSSR count). The molecule has 0 amide bonds. The van der Waals surface area contributed by atoms with Gasteiger partial charge in [0.2, 0.25) is 10.0 Å². The normalized spacial score (nSPS) is 11.4. The molecule has 0 saturated heterocycles. The van der Waals surface area contributed by atoms with Crippen molar-refractivity contribution in [3.05, 3.63) is 47.4 Å². The van der Waals surface area contributed by atoms with Gasteiger partial charge in [0.05, 0.1) is 18.5 Å². The lowest BCUT2D eigenvalue weighted by Gasteiger charge is -2.10. The summed E-state index contributed by atoms with van der Waals surface area (Å²) in [6.07, 6.45) is 2.02. The van der Waals surface area contributed by atoms with Gasteiger partial charge in [0.15, 0.2) is 0 Å². The minimum atomic E-state index is -3.25. The summed E-state index contributed by atoms with van der Waals surface area (Å²) < 4.78 is 30.6. The van der Waals surface area contributed by atoms with Crippen molar-refractivity contribution in [2.45, 2.75) is 26.8 Å². The number of hydrogen-bond acceptors (Lipinski definition) is 4. The highest BCUT2D eigenvalue weighted by Gasteiger charge is 2.06. The van der Waals surface area contributed by atoms with E-state index in [1.807, 2.05) is 38.1 Å². The summed E-state index contributed by atoms with van der Waals surface area (Å²) in [4.78, 5) is 0. The molecule has 0 aliphatic heterocycles. The monoisotopic (exact) mass is 308 g/mol. The summed E-state index contributed by atoms with van der Waals surface area (Å²) in [5.74, 6) is 1.85. The van der Waals surface area contributed by atoms with Crippen LogP contribution < -0.4 is 10.0 Å². The number of furan rings is 1. The van der Waals surface area contributed by atoms with Gasteiger partial charge in [-0.05, 0) is 42.8 Å². The fourth-order valence-corrected chi connectivity index (χ4v) is 2.61. The summed E-state index contributed by atoms with van der Waals surface area (Å²) >= 11 is 0. The standard InChI is InChI=1S/C15H20N2O3S/c1-4-13-6-7-14(20-13)10-16-12-5-8-15(11(2)9-12)17-21(3,18)19/h5-9,16-17H,4,10H2,1-3H3. The van der Waals surface area contributed by atoms with E-state index in [1.165, 1.54) is 0 Å². The quantitative estimate of drug-likeness (QED) is 0.860. The van der Waals surface area contributed by atoms with Crippen molar-refractivity contribution in [2.75, 3.05) is 16.3 Å². The molecule has 0 unspecified atom stereocenters. The van der Waals surface area contributed by atoms with Crippen LogP contribution >= 0.6 is 0 Å². The maximum Gasteiger partial charge on any atom is 0.229 e. The largest absolute Gasteiger partial charge is 0.464 e. The second-order valence-electron chi connectivity index (χ2n) is 4.98. The van der Waals surface area contributed by atoms with Crippen LogP contribution in [0.5, 0.6) is 0 Å². The Morgan fingerprint density at radius 3 is 2.43 bits per heavy atom. The van der Waals surface area contributed by atoms with Crippen LogP contribution in [0.15, 0.2) is 34.7 Å². The van der Waals surface area contributed by atoms with Crippen LogP contribution in [0.4, 0.5) is 11.4 Å². The first kappa shape index (κ1) is 15.4. The van der Waals surface area contributed by atoms with E-state index in [9.17, 15) is 8.42 Å². The van der Waals surface area contributed by atoms with E-state index in [0.29, 0.717) is 12.2 Å². The van der Waals surface area contributed by atoms with Crippen LogP contribution in [0.1, 0.15) is 24.0 Å². The van der Waals surface area contributed by atoms with E-state index < -0.39 is 10.0 Å². The fraction of sp³-hybridized carbons (Fsp3) is 0.333. The van der Waals surface area contributed by atoms with Crippen molar-refractivity contribution in [1.82, 2.24) is 0 Å². The lowest BCUT2D eigenvalue weighted by atomic mass is 10.2. The number of nitrogens with one attached hydrogen (secondary N) is 2. The van der Waals surface area contributed by atoms with Crippen LogP contribution in [0.3, 0.4) is 0 Å². The van der Waals surface area contributed by atoms with E-state index >= 15 is 0 Å². The number of anilines is 2. The Morgan fingerprint density at radius 1 is 1.14 bits per heavy atom. The number of sulfonamides is 1. The predicted octanol–water partition coefficient (Wildman–Crippen LogP) is 3.13. The van der Waals surface area contributed by atoms with Gasteiger partial charge in [-0.25, -0.2) is 8.42 Å². The van der Waals surface area contributed by atoms with Crippen LogP contribution in [0.25, 0.3) is 0 Å². The molecular weight excluding hydrogens is 288 g/mol. The summed E-state index contributed by atoms with van der Waals surface area (Å²) in [5.41, 5.74) is 2.37. The molecule has 21 heavy (non-hydrogen) atoms. The molecule has 114 valence electrons. The van der Waals surface area contributed by atoms with Crippen molar-refractivity contribution in [2.24, 2.45) is 0 Å². The zero-order valence-corrected chi connectivity index (χ0v) is 13.3. The van der Waals surface area contributed by atoms with Gasteiger partial charge in [-0.15, -0.1) is 0 Å².